The Hall–Kier alpha value is -3.42. The number of benzene rings is 1. The topological polar surface area (TPSA) is 106 Å². The predicted molar refractivity (Wildman–Crippen MR) is 124 cm³/mol. The van der Waals surface area contributed by atoms with E-state index in [0.29, 0.717) is 18.8 Å². The molecule has 8 nitrogen and oxygen atoms in total. The van der Waals surface area contributed by atoms with Gasteiger partial charge in [0.05, 0.1) is 17.6 Å². The van der Waals surface area contributed by atoms with E-state index in [-0.39, 0.29) is 29.1 Å². The van der Waals surface area contributed by atoms with Crippen LogP contribution in [0, 0.1) is 0 Å². The van der Waals surface area contributed by atoms with Crippen LogP contribution in [0.1, 0.15) is 68.1 Å². The molecule has 8 heteroatoms. The van der Waals surface area contributed by atoms with Crippen molar-refractivity contribution in [3.05, 3.63) is 68.0 Å². The SMILES string of the molecule is CCCCOc1cccc(CNC(=O)c2cc(C(C)C)nc3c2c(=O)[nH]c(=O)n3CC)c1. The number of aromatic amines is 1. The van der Waals surface area contributed by atoms with Gasteiger partial charge in [-0.1, -0.05) is 39.3 Å². The number of nitrogens with one attached hydrogen (secondary N) is 2. The number of unbranched alkanes of at least 4 members (excludes halogenated alkanes) is 1. The summed E-state index contributed by atoms with van der Waals surface area (Å²) in [6.07, 6.45) is 2.03. The highest BCUT2D eigenvalue weighted by molar-refractivity contribution is 6.05. The lowest BCUT2D eigenvalue weighted by molar-refractivity contribution is 0.0952. The van der Waals surface area contributed by atoms with Crippen molar-refractivity contribution < 1.29 is 9.53 Å². The molecule has 0 spiro atoms. The van der Waals surface area contributed by atoms with Crippen LogP contribution in [0.4, 0.5) is 0 Å². The van der Waals surface area contributed by atoms with Crippen LogP contribution in [0.25, 0.3) is 11.0 Å². The molecule has 32 heavy (non-hydrogen) atoms. The predicted octanol–water partition coefficient (Wildman–Crippen LogP) is 3.34. The smallest absolute Gasteiger partial charge is 0.329 e. The summed E-state index contributed by atoms with van der Waals surface area (Å²) >= 11 is 0. The second-order valence-electron chi connectivity index (χ2n) is 7.98. The van der Waals surface area contributed by atoms with Gasteiger partial charge >= 0.3 is 5.69 Å². The first-order valence-corrected chi connectivity index (χ1v) is 11.0. The van der Waals surface area contributed by atoms with Gasteiger partial charge in [0.2, 0.25) is 0 Å². The first-order chi connectivity index (χ1) is 15.3. The van der Waals surface area contributed by atoms with E-state index in [1.165, 1.54) is 4.57 Å². The van der Waals surface area contributed by atoms with E-state index in [1.807, 2.05) is 38.1 Å². The zero-order valence-electron chi connectivity index (χ0n) is 19.0. The van der Waals surface area contributed by atoms with Gasteiger partial charge in [-0.3, -0.25) is 19.1 Å². The minimum absolute atomic E-state index is 0.0163. The van der Waals surface area contributed by atoms with E-state index in [9.17, 15) is 14.4 Å². The van der Waals surface area contributed by atoms with Crippen molar-refractivity contribution in [1.82, 2.24) is 19.9 Å². The molecule has 170 valence electrons. The number of carbonyl (C=O) groups is 1. The molecule has 0 atom stereocenters. The van der Waals surface area contributed by atoms with Gasteiger partial charge in [-0.2, -0.15) is 0 Å². The van der Waals surface area contributed by atoms with E-state index >= 15 is 0 Å². The largest absolute Gasteiger partial charge is 0.494 e. The standard InChI is InChI=1S/C24H30N4O4/c1-5-7-11-32-17-10-8-9-16(12-17)14-25-22(29)18-13-19(15(3)4)26-21-20(18)23(30)27-24(31)28(21)6-2/h8-10,12-13,15H,5-7,11,14H2,1-4H3,(H,25,29)(H,27,30,31). The number of aryl methyl sites for hydroxylation is 1. The minimum Gasteiger partial charge on any atom is -0.494 e. The molecule has 2 aromatic heterocycles. The van der Waals surface area contributed by atoms with E-state index in [4.69, 9.17) is 4.74 Å². The van der Waals surface area contributed by atoms with Crippen LogP contribution in [0.15, 0.2) is 39.9 Å². The number of carbonyl (C=O) groups excluding carboxylic acids is 1. The number of hydrogen-bond acceptors (Lipinski definition) is 5. The number of pyridine rings is 1. The van der Waals surface area contributed by atoms with E-state index in [0.717, 1.165) is 24.2 Å². The Morgan fingerprint density at radius 1 is 1.22 bits per heavy atom. The highest BCUT2D eigenvalue weighted by Gasteiger charge is 2.20. The second kappa shape index (κ2) is 10.3. The van der Waals surface area contributed by atoms with Crippen molar-refractivity contribution in [3.63, 3.8) is 0 Å². The molecule has 1 amide bonds. The molecule has 3 aromatic rings. The third-order valence-corrected chi connectivity index (χ3v) is 5.24. The van der Waals surface area contributed by atoms with Gasteiger partial charge < -0.3 is 10.1 Å². The number of fused-ring (bicyclic) bond motifs is 1. The van der Waals surface area contributed by atoms with E-state index < -0.39 is 17.2 Å². The summed E-state index contributed by atoms with van der Waals surface area (Å²) < 4.78 is 7.10. The van der Waals surface area contributed by atoms with Gasteiger partial charge in [0.15, 0.2) is 5.65 Å². The fourth-order valence-electron chi connectivity index (χ4n) is 3.42. The molecule has 2 heterocycles. The molecule has 1 aromatic carbocycles. The van der Waals surface area contributed by atoms with Crippen LogP contribution in [0.5, 0.6) is 5.75 Å². The van der Waals surface area contributed by atoms with Crippen LogP contribution in [-0.2, 0) is 13.1 Å². The Labute approximate surface area is 186 Å². The molecule has 0 bridgehead atoms. The molecular weight excluding hydrogens is 408 g/mol. The first kappa shape index (κ1) is 23.2. The van der Waals surface area contributed by atoms with Crippen LogP contribution >= 0.6 is 0 Å². The third-order valence-electron chi connectivity index (χ3n) is 5.24. The zero-order chi connectivity index (χ0) is 23.3. The fraction of sp³-hybridized carbons (Fsp3) is 0.417. The Bertz CT molecular complexity index is 1230. The molecule has 0 aliphatic rings. The Morgan fingerprint density at radius 3 is 2.69 bits per heavy atom. The molecule has 0 unspecified atom stereocenters. The quantitative estimate of drug-likeness (QED) is 0.499. The molecule has 0 saturated heterocycles. The molecule has 0 aliphatic carbocycles. The van der Waals surface area contributed by atoms with Crippen molar-refractivity contribution in [2.75, 3.05) is 6.61 Å². The van der Waals surface area contributed by atoms with E-state index in [2.05, 4.69) is 22.2 Å². The molecule has 0 fully saturated rings. The maximum Gasteiger partial charge on any atom is 0.329 e. The maximum absolute atomic E-state index is 13.1. The second-order valence-corrected chi connectivity index (χ2v) is 7.98. The summed E-state index contributed by atoms with van der Waals surface area (Å²) in [6.45, 7) is 9.03. The summed E-state index contributed by atoms with van der Waals surface area (Å²) in [5, 5.41) is 3.00. The van der Waals surface area contributed by atoms with Gasteiger partial charge in [0, 0.05) is 18.8 Å². The lowest BCUT2D eigenvalue weighted by Gasteiger charge is -2.14. The highest BCUT2D eigenvalue weighted by atomic mass is 16.5. The number of nitrogens with zero attached hydrogens (tertiary/aromatic N) is 2. The van der Waals surface area contributed by atoms with Crippen molar-refractivity contribution >= 4 is 16.9 Å². The lowest BCUT2D eigenvalue weighted by atomic mass is 10.0. The van der Waals surface area contributed by atoms with Crippen LogP contribution in [-0.4, -0.2) is 27.0 Å². The Kier molecular flexibility index (Phi) is 7.45. The monoisotopic (exact) mass is 438 g/mol. The van der Waals surface area contributed by atoms with Crippen molar-refractivity contribution in [2.24, 2.45) is 0 Å². The lowest BCUT2D eigenvalue weighted by Crippen LogP contribution is -2.33. The number of H-pyrrole nitrogens is 1. The Balaban J connectivity index is 1.94. The third kappa shape index (κ3) is 5.07. The summed E-state index contributed by atoms with van der Waals surface area (Å²) in [4.78, 5) is 44.8. The number of rotatable bonds is 9. The van der Waals surface area contributed by atoms with Gasteiger partial charge in [-0.15, -0.1) is 0 Å². The maximum atomic E-state index is 13.1. The van der Waals surface area contributed by atoms with Crippen molar-refractivity contribution in [1.29, 1.82) is 0 Å². The number of amides is 1. The van der Waals surface area contributed by atoms with Crippen molar-refractivity contribution in [2.45, 2.75) is 59.5 Å². The van der Waals surface area contributed by atoms with Gasteiger partial charge in [-0.05, 0) is 43.0 Å². The highest BCUT2D eigenvalue weighted by Crippen LogP contribution is 2.20. The average molecular weight is 439 g/mol. The first-order valence-electron chi connectivity index (χ1n) is 11.0. The minimum atomic E-state index is -0.617. The summed E-state index contributed by atoms with van der Waals surface area (Å²) in [5.41, 5.74) is 0.801. The van der Waals surface area contributed by atoms with Gasteiger partial charge in [0.1, 0.15) is 5.75 Å². The van der Waals surface area contributed by atoms with Crippen LogP contribution in [0.3, 0.4) is 0 Å². The summed E-state index contributed by atoms with van der Waals surface area (Å²) in [6, 6.07) is 9.19. The summed E-state index contributed by atoms with van der Waals surface area (Å²) in [7, 11) is 0. The van der Waals surface area contributed by atoms with Gasteiger partial charge in [0.25, 0.3) is 11.5 Å². The zero-order valence-corrected chi connectivity index (χ0v) is 19.0. The molecule has 0 saturated carbocycles. The molecule has 0 aliphatic heterocycles. The van der Waals surface area contributed by atoms with Crippen molar-refractivity contribution in [3.8, 4) is 5.75 Å². The molecule has 0 radical (unpaired) electrons. The average Bonchev–Trinajstić information content (AvgIpc) is 2.77. The number of ether oxygens (including phenoxy) is 1. The number of aromatic nitrogens is 3. The van der Waals surface area contributed by atoms with Gasteiger partial charge in [-0.25, -0.2) is 9.78 Å². The van der Waals surface area contributed by atoms with Crippen LogP contribution in [0.2, 0.25) is 0 Å². The van der Waals surface area contributed by atoms with Crippen LogP contribution < -0.4 is 21.3 Å². The number of hydrogen-bond donors (Lipinski definition) is 2. The Morgan fingerprint density at radius 2 is 2.00 bits per heavy atom. The molecule has 3 rings (SSSR count). The summed E-state index contributed by atoms with van der Waals surface area (Å²) in [5.74, 6) is 0.371. The van der Waals surface area contributed by atoms with E-state index in [1.54, 1.807) is 13.0 Å². The molecular formula is C24H30N4O4. The fourth-order valence-corrected chi connectivity index (χ4v) is 3.42. The molecule has 2 N–H and O–H groups in total. The normalized spacial score (nSPS) is 11.2.